The third-order valence-corrected chi connectivity index (χ3v) is 3.69. The van der Waals surface area contributed by atoms with Gasteiger partial charge in [0.2, 0.25) is 0 Å². The summed E-state index contributed by atoms with van der Waals surface area (Å²) in [5.74, 6) is 0.399. The normalized spacial score (nSPS) is 31.5. The first-order valence-corrected chi connectivity index (χ1v) is 5.90. The molecule has 1 aliphatic rings. The Morgan fingerprint density at radius 2 is 2.40 bits per heavy atom. The standard InChI is InChI=1S/C13H19NO/c1-2-11-6-3-4-8-13(11,15)12-7-5-9-14-10-12/h5,7,9-11,15H,2-4,6,8H2,1H3. The van der Waals surface area contributed by atoms with Gasteiger partial charge in [0.25, 0.3) is 0 Å². The van der Waals surface area contributed by atoms with Crippen molar-refractivity contribution in [3.05, 3.63) is 30.1 Å². The molecule has 1 aromatic heterocycles. The maximum Gasteiger partial charge on any atom is 0.0939 e. The van der Waals surface area contributed by atoms with Crippen LogP contribution in [0.4, 0.5) is 0 Å². The van der Waals surface area contributed by atoms with Gasteiger partial charge in [-0.3, -0.25) is 4.98 Å². The molecule has 0 aliphatic heterocycles. The summed E-state index contributed by atoms with van der Waals surface area (Å²) in [5, 5.41) is 10.8. The Bertz CT molecular complexity index is 312. The Morgan fingerprint density at radius 3 is 3.07 bits per heavy atom. The molecule has 1 saturated carbocycles. The molecule has 0 radical (unpaired) electrons. The van der Waals surface area contributed by atoms with Crippen LogP contribution in [0.1, 0.15) is 44.6 Å². The molecule has 2 atom stereocenters. The van der Waals surface area contributed by atoms with Gasteiger partial charge in [0.1, 0.15) is 0 Å². The number of rotatable bonds is 2. The Hall–Kier alpha value is -0.890. The second-order valence-corrected chi connectivity index (χ2v) is 4.52. The van der Waals surface area contributed by atoms with Gasteiger partial charge in [-0.15, -0.1) is 0 Å². The SMILES string of the molecule is CCC1CCCCC1(O)c1cccnc1. The monoisotopic (exact) mass is 205 g/mol. The van der Waals surface area contributed by atoms with E-state index in [1.165, 1.54) is 6.42 Å². The van der Waals surface area contributed by atoms with Gasteiger partial charge in [-0.1, -0.05) is 32.3 Å². The third-order valence-electron chi connectivity index (χ3n) is 3.69. The zero-order valence-electron chi connectivity index (χ0n) is 9.32. The summed E-state index contributed by atoms with van der Waals surface area (Å²) in [7, 11) is 0. The zero-order chi connectivity index (χ0) is 10.7. The number of aromatic nitrogens is 1. The molecule has 1 heterocycles. The smallest absolute Gasteiger partial charge is 0.0939 e. The van der Waals surface area contributed by atoms with Crippen LogP contribution in [-0.4, -0.2) is 10.1 Å². The predicted molar refractivity (Wildman–Crippen MR) is 60.4 cm³/mol. The average molecular weight is 205 g/mol. The molecule has 15 heavy (non-hydrogen) atoms. The minimum atomic E-state index is -0.624. The van der Waals surface area contributed by atoms with Crippen LogP contribution in [0.15, 0.2) is 24.5 Å². The predicted octanol–water partition coefficient (Wildman–Crippen LogP) is 2.87. The van der Waals surface area contributed by atoms with E-state index >= 15 is 0 Å². The van der Waals surface area contributed by atoms with E-state index in [2.05, 4.69) is 11.9 Å². The van der Waals surface area contributed by atoms with Gasteiger partial charge >= 0.3 is 0 Å². The molecule has 2 heteroatoms. The Balaban J connectivity index is 2.30. The van der Waals surface area contributed by atoms with Crippen LogP contribution in [0.2, 0.25) is 0 Å². The summed E-state index contributed by atoms with van der Waals surface area (Å²) >= 11 is 0. The molecular weight excluding hydrogens is 186 g/mol. The molecule has 2 nitrogen and oxygen atoms in total. The third kappa shape index (κ3) is 1.91. The Morgan fingerprint density at radius 1 is 1.53 bits per heavy atom. The maximum atomic E-state index is 10.8. The van der Waals surface area contributed by atoms with Crippen molar-refractivity contribution in [1.82, 2.24) is 4.98 Å². The van der Waals surface area contributed by atoms with Crippen molar-refractivity contribution in [3.63, 3.8) is 0 Å². The molecule has 0 aromatic carbocycles. The number of nitrogens with zero attached hydrogens (tertiary/aromatic N) is 1. The molecule has 2 rings (SSSR count). The molecule has 0 spiro atoms. The molecule has 0 bridgehead atoms. The van der Waals surface area contributed by atoms with Gasteiger partial charge in [-0.2, -0.15) is 0 Å². The molecule has 1 N–H and O–H groups in total. The highest BCUT2D eigenvalue weighted by Gasteiger charge is 2.39. The van der Waals surface area contributed by atoms with Gasteiger partial charge in [0, 0.05) is 18.0 Å². The van der Waals surface area contributed by atoms with Gasteiger partial charge in [0.15, 0.2) is 0 Å². The van der Waals surface area contributed by atoms with E-state index in [0.29, 0.717) is 5.92 Å². The average Bonchev–Trinajstić information content (AvgIpc) is 2.31. The Kier molecular flexibility index (Phi) is 3.06. The summed E-state index contributed by atoms with van der Waals surface area (Å²) in [4.78, 5) is 4.11. The van der Waals surface area contributed by atoms with E-state index in [1.54, 1.807) is 6.20 Å². The van der Waals surface area contributed by atoms with Crippen LogP contribution < -0.4 is 0 Å². The lowest BCUT2D eigenvalue weighted by Gasteiger charge is -2.39. The lowest BCUT2D eigenvalue weighted by atomic mass is 9.71. The molecule has 1 aliphatic carbocycles. The van der Waals surface area contributed by atoms with E-state index in [1.807, 2.05) is 18.3 Å². The van der Waals surface area contributed by atoms with Gasteiger partial charge in [0.05, 0.1) is 5.60 Å². The van der Waals surface area contributed by atoms with Crippen LogP contribution >= 0.6 is 0 Å². The number of aliphatic hydroxyl groups is 1. The fraction of sp³-hybridized carbons (Fsp3) is 0.615. The minimum absolute atomic E-state index is 0.399. The van der Waals surface area contributed by atoms with Crippen LogP contribution in [-0.2, 0) is 5.60 Å². The second-order valence-electron chi connectivity index (χ2n) is 4.52. The first-order valence-electron chi connectivity index (χ1n) is 5.90. The quantitative estimate of drug-likeness (QED) is 0.805. The van der Waals surface area contributed by atoms with Crippen molar-refractivity contribution in [2.45, 2.75) is 44.6 Å². The number of hydrogen-bond acceptors (Lipinski definition) is 2. The highest BCUT2D eigenvalue weighted by molar-refractivity contribution is 5.20. The zero-order valence-corrected chi connectivity index (χ0v) is 9.32. The summed E-state index contributed by atoms with van der Waals surface area (Å²) < 4.78 is 0. The van der Waals surface area contributed by atoms with Gasteiger partial charge < -0.3 is 5.11 Å². The topological polar surface area (TPSA) is 33.1 Å². The largest absolute Gasteiger partial charge is 0.385 e. The second kappa shape index (κ2) is 4.31. The number of hydrogen-bond donors (Lipinski definition) is 1. The van der Waals surface area contributed by atoms with Crippen LogP contribution in [0.5, 0.6) is 0 Å². The molecule has 82 valence electrons. The summed E-state index contributed by atoms with van der Waals surface area (Å²) in [6.07, 6.45) is 9.03. The van der Waals surface area contributed by atoms with Crippen LogP contribution in [0.25, 0.3) is 0 Å². The fourth-order valence-electron chi connectivity index (χ4n) is 2.77. The van der Waals surface area contributed by atoms with E-state index in [-0.39, 0.29) is 0 Å². The van der Waals surface area contributed by atoms with E-state index in [9.17, 15) is 5.11 Å². The highest BCUT2D eigenvalue weighted by Crippen LogP contribution is 2.42. The van der Waals surface area contributed by atoms with Gasteiger partial charge in [-0.05, 0) is 24.8 Å². The van der Waals surface area contributed by atoms with Crippen molar-refractivity contribution >= 4 is 0 Å². The summed E-state index contributed by atoms with van der Waals surface area (Å²) in [6.45, 7) is 2.16. The molecule has 1 fully saturated rings. The lowest BCUT2D eigenvalue weighted by molar-refractivity contribution is -0.0560. The summed E-state index contributed by atoms with van der Waals surface area (Å²) in [5.41, 5.74) is 0.373. The van der Waals surface area contributed by atoms with Crippen molar-refractivity contribution in [3.8, 4) is 0 Å². The first kappa shape index (κ1) is 10.6. The molecule has 0 saturated heterocycles. The molecule has 0 amide bonds. The highest BCUT2D eigenvalue weighted by atomic mass is 16.3. The van der Waals surface area contributed by atoms with E-state index in [0.717, 1.165) is 31.2 Å². The molecular formula is C13H19NO. The maximum absolute atomic E-state index is 10.8. The van der Waals surface area contributed by atoms with E-state index < -0.39 is 5.60 Å². The van der Waals surface area contributed by atoms with Crippen molar-refractivity contribution in [2.75, 3.05) is 0 Å². The minimum Gasteiger partial charge on any atom is -0.385 e. The number of pyridine rings is 1. The fourth-order valence-corrected chi connectivity index (χ4v) is 2.77. The van der Waals surface area contributed by atoms with Crippen LogP contribution in [0, 0.1) is 5.92 Å². The first-order chi connectivity index (χ1) is 7.27. The van der Waals surface area contributed by atoms with Gasteiger partial charge in [-0.25, -0.2) is 0 Å². The van der Waals surface area contributed by atoms with Crippen molar-refractivity contribution in [2.24, 2.45) is 5.92 Å². The van der Waals surface area contributed by atoms with E-state index in [4.69, 9.17) is 0 Å². The van der Waals surface area contributed by atoms with Crippen molar-refractivity contribution < 1.29 is 5.11 Å². The lowest BCUT2D eigenvalue weighted by Crippen LogP contribution is -2.37. The summed E-state index contributed by atoms with van der Waals surface area (Å²) in [6, 6.07) is 3.91. The Labute approximate surface area is 91.4 Å². The van der Waals surface area contributed by atoms with Crippen LogP contribution in [0.3, 0.4) is 0 Å². The van der Waals surface area contributed by atoms with Crippen molar-refractivity contribution in [1.29, 1.82) is 0 Å². The molecule has 2 unspecified atom stereocenters. The molecule has 1 aromatic rings.